The highest BCUT2D eigenvalue weighted by molar-refractivity contribution is 5.96. The third kappa shape index (κ3) is 4.50. The maximum atomic E-state index is 6.14. The molecule has 0 radical (unpaired) electrons. The monoisotopic (exact) mass is 450 g/mol. The van der Waals surface area contributed by atoms with Crippen LogP contribution in [0.2, 0.25) is 0 Å². The number of aromatic nitrogens is 1. The number of benzene rings is 4. The van der Waals surface area contributed by atoms with Crippen molar-refractivity contribution < 1.29 is 9.47 Å². The van der Waals surface area contributed by atoms with E-state index in [0.717, 1.165) is 53.1 Å². The zero-order valence-corrected chi connectivity index (χ0v) is 19.5. The van der Waals surface area contributed by atoms with Crippen LogP contribution in [-0.4, -0.2) is 18.6 Å². The Balaban J connectivity index is 1.58. The molecule has 0 aliphatic heterocycles. The summed E-state index contributed by atoms with van der Waals surface area (Å²) in [5.41, 5.74) is 11.5. The predicted molar refractivity (Wildman–Crippen MR) is 141 cm³/mol. The van der Waals surface area contributed by atoms with Crippen LogP contribution in [0.5, 0.6) is 11.5 Å². The molecule has 0 saturated carbocycles. The normalized spacial score (nSPS) is 11.2. The molecular formula is C30H30N2O2. The fraction of sp³-hybridized carbons (Fsp3) is 0.200. The highest BCUT2D eigenvalue weighted by atomic mass is 16.5. The quantitative estimate of drug-likeness (QED) is 0.241. The van der Waals surface area contributed by atoms with Crippen LogP contribution >= 0.6 is 0 Å². The van der Waals surface area contributed by atoms with Gasteiger partial charge in [-0.05, 0) is 78.0 Å². The van der Waals surface area contributed by atoms with E-state index < -0.39 is 0 Å². The van der Waals surface area contributed by atoms with Crippen LogP contribution in [0.15, 0.2) is 84.9 Å². The molecule has 1 aromatic heterocycles. The number of H-pyrrole nitrogens is 1. The third-order valence-corrected chi connectivity index (χ3v) is 6.34. The summed E-state index contributed by atoms with van der Waals surface area (Å²) in [4.78, 5) is 3.68. The maximum Gasteiger partial charge on any atom is 0.128 e. The summed E-state index contributed by atoms with van der Waals surface area (Å²) >= 11 is 0. The first-order valence-corrected chi connectivity index (χ1v) is 11.9. The van der Waals surface area contributed by atoms with Crippen molar-refractivity contribution in [2.45, 2.75) is 25.9 Å². The van der Waals surface area contributed by atoms with E-state index in [1.165, 1.54) is 21.7 Å². The van der Waals surface area contributed by atoms with Crippen molar-refractivity contribution >= 4 is 21.7 Å². The van der Waals surface area contributed by atoms with Crippen LogP contribution in [0.3, 0.4) is 0 Å². The van der Waals surface area contributed by atoms with E-state index in [1.807, 2.05) is 24.3 Å². The molecule has 1 heterocycles. The lowest BCUT2D eigenvalue weighted by Gasteiger charge is -2.12. The lowest BCUT2D eigenvalue weighted by molar-refractivity contribution is 0.306. The molecule has 0 saturated heterocycles. The largest absolute Gasteiger partial charge is 0.496 e. The molecule has 4 aromatic carbocycles. The number of methoxy groups -OCH3 is 1. The maximum absolute atomic E-state index is 6.14. The Bertz CT molecular complexity index is 1410. The van der Waals surface area contributed by atoms with Gasteiger partial charge in [0.2, 0.25) is 0 Å². The Hall–Kier alpha value is -3.76. The number of fused-ring (bicyclic) bond motifs is 2. The molecule has 172 valence electrons. The molecule has 0 bridgehead atoms. The van der Waals surface area contributed by atoms with Crippen LogP contribution in [0, 0.1) is 0 Å². The topological polar surface area (TPSA) is 60.3 Å². The Morgan fingerprint density at radius 3 is 2.35 bits per heavy atom. The minimum Gasteiger partial charge on any atom is -0.496 e. The Morgan fingerprint density at radius 1 is 0.824 bits per heavy atom. The van der Waals surface area contributed by atoms with Gasteiger partial charge in [0.15, 0.2) is 0 Å². The minimum absolute atomic E-state index is 0.546. The van der Waals surface area contributed by atoms with E-state index in [4.69, 9.17) is 15.2 Å². The molecular weight excluding hydrogens is 420 g/mol. The molecule has 0 aliphatic rings. The van der Waals surface area contributed by atoms with Gasteiger partial charge in [-0.2, -0.15) is 0 Å². The summed E-state index contributed by atoms with van der Waals surface area (Å²) in [6.07, 6.45) is 2.96. The number of unbranched alkanes of at least 4 members (excludes halogenated alkanes) is 1. The second-order valence-corrected chi connectivity index (χ2v) is 8.61. The smallest absolute Gasteiger partial charge is 0.128 e. The van der Waals surface area contributed by atoms with Crippen molar-refractivity contribution in [2.75, 3.05) is 13.7 Å². The SMILES string of the molecule is COc1cc2ccccc2cc1-c1[nH]c2ccc(OCc3ccccc3)cc2c1CCCCN. The lowest BCUT2D eigenvalue weighted by atomic mass is 9.97. The van der Waals surface area contributed by atoms with Gasteiger partial charge in [-0.1, -0.05) is 54.6 Å². The van der Waals surface area contributed by atoms with Gasteiger partial charge in [-0.25, -0.2) is 0 Å². The van der Waals surface area contributed by atoms with Crippen molar-refractivity contribution in [2.24, 2.45) is 5.73 Å². The van der Waals surface area contributed by atoms with Crippen LogP contribution in [0.25, 0.3) is 32.9 Å². The molecule has 0 fully saturated rings. The van der Waals surface area contributed by atoms with Crippen molar-refractivity contribution in [1.29, 1.82) is 0 Å². The number of hydrogen-bond acceptors (Lipinski definition) is 3. The zero-order chi connectivity index (χ0) is 23.3. The molecule has 0 amide bonds. The van der Waals surface area contributed by atoms with Gasteiger partial charge >= 0.3 is 0 Å². The second kappa shape index (κ2) is 10.0. The van der Waals surface area contributed by atoms with E-state index in [1.54, 1.807) is 7.11 Å². The molecule has 3 N–H and O–H groups in total. The van der Waals surface area contributed by atoms with E-state index in [2.05, 4.69) is 65.6 Å². The molecule has 4 nitrogen and oxygen atoms in total. The number of aromatic amines is 1. The van der Waals surface area contributed by atoms with Crippen molar-refractivity contribution in [3.63, 3.8) is 0 Å². The van der Waals surface area contributed by atoms with Crippen LogP contribution < -0.4 is 15.2 Å². The first-order valence-electron chi connectivity index (χ1n) is 11.9. The number of ether oxygens (including phenoxy) is 2. The Labute approximate surface area is 200 Å². The Kier molecular flexibility index (Phi) is 6.50. The van der Waals surface area contributed by atoms with E-state index in [0.29, 0.717) is 13.2 Å². The molecule has 5 aromatic rings. The van der Waals surface area contributed by atoms with Gasteiger partial charge < -0.3 is 20.2 Å². The van der Waals surface area contributed by atoms with Gasteiger partial charge in [0.05, 0.1) is 12.8 Å². The first kappa shape index (κ1) is 22.1. The van der Waals surface area contributed by atoms with Crippen LogP contribution in [-0.2, 0) is 13.0 Å². The number of nitrogens with two attached hydrogens (primary N) is 1. The van der Waals surface area contributed by atoms with Gasteiger partial charge in [-0.3, -0.25) is 0 Å². The standard InChI is InChI=1S/C30H30N2O2/c1-33-29-18-23-12-6-5-11-22(23)17-27(29)30-25(13-7-8-16-31)26-19-24(14-15-28(26)32-30)34-20-21-9-3-2-4-10-21/h2-6,9-12,14-15,17-19,32H,7-8,13,16,20,31H2,1H3. The fourth-order valence-corrected chi connectivity index (χ4v) is 4.58. The molecule has 5 rings (SSSR count). The van der Waals surface area contributed by atoms with E-state index >= 15 is 0 Å². The number of nitrogens with one attached hydrogen (secondary N) is 1. The summed E-state index contributed by atoms with van der Waals surface area (Å²) in [6, 6.07) is 29.3. The highest BCUT2D eigenvalue weighted by Gasteiger charge is 2.18. The summed E-state index contributed by atoms with van der Waals surface area (Å²) < 4.78 is 12.0. The van der Waals surface area contributed by atoms with Crippen LogP contribution in [0.4, 0.5) is 0 Å². The number of rotatable bonds is 9. The average molecular weight is 451 g/mol. The van der Waals surface area contributed by atoms with E-state index in [-0.39, 0.29) is 0 Å². The fourth-order valence-electron chi connectivity index (χ4n) is 4.58. The average Bonchev–Trinajstić information content (AvgIpc) is 3.25. The van der Waals surface area contributed by atoms with Crippen molar-refractivity contribution in [3.05, 3.63) is 96.1 Å². The van der Waals surface area contributed by atoms with Crippen molar-refractivity contribution in [3.8, 4) is 22.8 Å². The minimum atomic E-state index is 0.546. The van der Waals surface area contributed by atoms with Gasteiger partial charge in [0.25, 0.3) is 0 Å². The highest BCUT2D eigenvalue weighted by Crippen LogP contribution is 2.39. The summed E-state index contributed by atoms with van der Waals surface area (Å²) in [6.45, 7) is 1.24. The molecule has 34 heavy (non-hydrogen) atoms. The Morgan fingerprint density at radius 2 is 1.59 bits per heavy atom. The van der Waals surface area contributed by atoms with Gasteiger partial charge in [0.1, 0.15) is 18.1 Å². The summed E-state index contributed by atoms with van der Waals surface area (Å²) in [7, 11) is 1.74. The zero-order valence-electron chi connectivity index (χ0n) is 19.5. The first-order chi connectivity index (χ1) is 16.8. The molecule has 0 aliphatic carbocycles. The second-order valence-electron chi connectivity index (χ2n) is 8.61. The molecule has 4 heteroatoms. The number of aryl methyl sites for hydroxylation is 1. The van der Waals surface area contributed by atoms with Crippen molar-refractivity contribution in [1.82, 2.24) is 4.98 Å². The lowest BCUT2D eigenvalue weighted by Crippen LogP contribution is -2.00. The van der Waals surface area contributed by atoms with Gasteiger partial charge in [0, 0.05) is 16.5 Å². The molecule has 0 atom stereocenters. The predicted octanol–water partition coefficient (Wildman–Crippen LogP) is 6.86. The van der Waals surface area contributed by atoms with Gasteiger partial charge in [-0.15, -0.1) is 0 Å². The number of hydrogen-bond donors (Lipinski definition) is 2. The molecule has 0 spiro atoms. The summed E-state index contributed by atoms with van der Waals surface area (Å²) in [5.74, 6) is 1.73. The molecule has 0 unspecified atom stereocenters. The summed E-state index contributed by atoms with van der Waals surface area (Å²) in [5, 5.41) is 3.55. The van der Waals surface area contributed by atoms with Crippen LogP contribution in [0.1, 0.15) is 24.0 Å². The third-order valence-electron chi connectivity index (χ3n) is 6.34. The van der Waals surface area contributed by atoms with E-state index in [9.17, 15) is 0 Å².